The zero-order valence-corrected chi connectivity index (χ0v) is 13.6. The topological polar surface area (TPSA) is 29.3 Å². The summed E-state index contributed by atoms with van der Waals surface area (Å²) in [5.74, 6) is 0.798. The predicted octanol–water partition coefficient (Wildman–Crippen LogP) is 3.68. The van der Waals surface area contributed by atoms with Crippen LogP contribution in [0.2, 0.25) is 0 Å². The molecule has 0 bridgehead atoms. The molecule has 2 heterocycles. The molecule has 0 amide bonds. The highest BCUT2D eigenvalue weighted by Gasteiger charge is 2.35. The Balaban J connectivity index is 2.07. The van der Waals surface area contributed by atoms with Gasteiger partial charge in [-0.15, -0.1) is 11.3 Å². The van der Waals surface area contributed by atoms with E-state index in [0.29, 0.717) is 11.5 Å². The molecule has 0 aliphatic carbocycles. The molecule has 108 valence electrons. The zero-order valence-electron chi connectivity index (χ0n) is 12.8. The molecule has 1 fully saturated rings. The number of likely N-dealkylation sites (tertiary alicyclic amines) is 1. The minimum atomic E-state index is 0.415. The van der Waals surface area contributed by atoms with Crippen molar-refractivity contribution in [1.29, 1.82) is 0 Å². The maximum atomic E-state index is 6.05. The second kappa shape index (κ2) is 5.94. The summed E-state index contributed by atoms with van der Waals surface area (Å²) in [5.41, 5.74) is 6.47. The van der Waals surface area contributed by atoms with Gasteiger partial charge in [-0.2, -0.15) is 0 Å². The first-order valence-corrected chi connectivity index (χ1v) is 8.30. The number of aryl methyl sites for hydroxylation is 1. The van der Waals surface area contributed by atoms with E-state index in [2.05, 4.69) is 44.7 Å². The highest BCUT2D eigenvalue weighted by molar-refractivity contribution is 7.12. The van der Waals surface area contributed by atoms with E-state index in [9.17, 15) is 0 Å². The van der Waals surface area contributed by atoms with Crippen molar-refractivity contribution < 1.29 is 0 Å². The fourth-order valence-electron chi connectivity index (χ4n) is 2.99. The van der Waals surface area contributed by atoms with Gasteiger partial charge in [0.25, 0.3) is 0 Å². The van der Waals surface area contributed by atoms with Crippen molar-refractivity contribution in [3.63, 3.8) is 0 Å². The van der Waals surface area contributed by atoms with Crippen molar-refractivity contribution in [2.45, 2.75) is 46.6 Å². The third kappa shape index (κ3) is 3.39. The van der Waals surface area contributed by atoms with E-state index >= 15 is 0 Å². The van der Waals surface area contributed by atoms with Gasteiger partial charge < -0.3 is 5.73 Å². The van der Waals surface area contributed by atoms with Gasteiger partial charge in [0.2, 0.25) is 0 Å². The summed E-state index contributed by atoms with van der Waals surface area (Å²) in [4.78, 5) is 5.52. The molecule has 2 nitrogen and oxygen atoms in total. The summed E-state index contributed by atoms with van der Waals surface area (Å²) >= 11 is 1.94. The van der Waals surface area contributed by atoms with Gasteiger partial charge in [0.15, 0.2) is 0 Å². The molecule has 2 unspecified atom stereocenters. The minimum absolute atomic E-state index is 0.415. The standard InChI is InChI=1S/C16H28N2S/c1-5-13-6-7-15(19-13)14(10-17)18-9-8-12(11-18)16(2,3)4/h6-7,12,14H,5,8-11,17H2,1-4H3. The van der Waals surface area contributed by atoms with Crippen LogP contribution in [0.4, 0.5) is 0 Å². The number of nitrogens with zero attached hydrogens (tertiary/aromatic N) is 1. The van der Waals surface area contributed by atoms with Crippen molar-refractivity contribution in [2.24, 2.45) is 17.1 Å². The molecule has 1 aliphatic rings. The molecule has 1 saturated heterocycles. The zero-order chi connectivity index (χ0) is 14.0. The van der Waals surface area contributed by atoms with Crippen LogP contribution in [-0.2, 0) is 6.42 Å². The fourth-order valence-corrected chi connectivity index (χ4v) is 4.09. The number of hydrogen-bond acceptors (Lipinski definition) is 3. The van der Waals surface area contributed by atoms with Gasteiger partial charge in [-0.25, -0.2) is 0 Å². The number of rotatable bonds is 4. The molecule has 0 aromatic carbocycles. The van der Waals surface area contributed by atoms with E-state index in [0.717, 1.165) is 18.9 Å². The van der Waals surface area contributed by atoms with Crippen molar-refractivity contribution >= 4 is 11.3 Å². The lowest BCUT2D eigenvalue weighted by Gasteiger charge is -2.30. The van der Waals surface area contributed by atoms with Crippen LogP contribution >= 0.6 is 11.3 Å². The molecular formula is C16H28N2S. The van der Waals surface area contributed by atoms with E-state index in [1.807, 2.05) is 11.3 Å². The average Bonchev–Trinajstić information content (AvgIpc) is 2.98. The summed E-state index contributed by atoms with van der Waals surface area (Å²) < 4.78 is 0. The Hall–Kier alpha value is -0.380. The Morgan fingerprint density at radius 1 is 1.42 bits per heavy atom. The summed E-state index contributed by atoms with van der Waals surface area (Å²) in [5, 5.41) is 0. The van der Waals surface area contributed by atoms with Crippen molar-refractivity contribution in [2.75, 3.05) is 19.6 Å². The lowest BCUT2D eigenvalue weighted by Crippen LogP contribution is -2.33. The van der Waals surface area contributed by atoms with E-state index < -0.39 is 0 Å². The molecule has 0 radical (unpaired) electrons. The van der Waals surface area contributed by atoms with Crippen LogP contribution in [-0.4, -0.2) is 24.5 Å². The van der Waals surface area contributed by atoms with Gasteiger partial charge >= 0.3 is 0 Å². The summed E-state index contributed by atoms with van der Waals surface area (Å²) in [6.07, 6.45) is 2.44. The molecule has 3 heteroatoms. The largest absolute Gasteiger partial charge is 0.329 e. The molecular weight excluding hydrogens is 252 g/mol. The van der Waals surface area contributed by atoms with E-state index in [-0.39, 0.29) is 0 Å². The fraction of sp³-hybridized carbons (Fsp3) is 0.750. The molecule has 0 saturated carbocycles. The quantitative estimate of drug-likeness (QED) is 0.911. The Bertz CT molecular complexity index is 405. The Labute approximate surface area is 122 Å². The highest BCUT2D eigenvalue weighted by Crippen LogP contribution is 2.38. The van der Waals surface area contributed by atoms with Crippen molar-refractivity contribution in [3.05, 3.63) is 21.9 Å². The van der Waals surface area contributed by atoms with E-state index in [4.69, 9.17) is 5.73 Å². The maximum Gasteiger partial charge on any atom is 0.0564 e. The van der Waals surface area contributed by atoms with Crippen LogP contribution < -0.4 is 5.73 Å². The first kappa shape index (κ1) is 15.0. The smallest absolute Gasteiger partial charge is 0.0564 e. The summed E-state index contributed by atoms with van der Waals surface area (Å²) in [6, 6.07) is 4.98. The maximum absolute atomic E-state index is 6.05. The van der Waals surface area contributed by atoms with Gasteiger partial charge in [0.1, 0.15) is 0 Å². The van der Waals surface area contributed by atoms with Gasteiger partial charge in [0.05, 0.1) is 6.04 Å². The van der Waals surface area contributed by atoms with Crippen LogP contribution in [0.1, 0.15) is 49.9 Å². The molecule has 1 aromatic rings. The van der Waals surface area contributed by atoms with Crippen molar-refractivity contribution in [1.82, 2.24) is 4.90 Å². The van der Waals surface area contributed by atoms with Gasteiger partial charge in [-0.05, 0) is 42.9 Å². The van der Waals surface area contributed by atoms with Crippen LogP contribution in [0, 0.1) is 11.3 Å². The second-order valence-corrected chi connectivity index (χ2v) is 7.96. The lowest BCUT2D eigenvalue weighted by atomic mass is 9.80. The van der Waals surface area contributed by atoms with Crippen LogP contribution in [0.3, 0.4) is 0 Å². The lowest BCUT2D eigenvalue weighted by molar-refractivity contribution is 0.199. The van der Waals surface area contributed by atoms with E-state index in [1.165, 1.54) is 29.3 Å². The Morgan fingerprint density at radius 2 is 2.16 bits per heavy atom. The molecule has 2 atom stereocenters. The number of thiophene rings is 1. The second-order valence-electron chi connectivity index (χ2n) is 6.76. The van der Waals surface area contributed by atoms with Crippen molar-refractivity contribution in [3.8, 4) is 0 Å². The van der Waals surface area contributed by atoms with E-state index in [1.54, 1.807) is 0 Å². The minimum Gasteiger partial charge on any atom is -0.329 e. The summed E-state index contributed by atoms with van der Waals surface area (Å²) in [7, 11) is 0. The molecule has 2 rings (SSSR count). The van der Waals surface area contributed by atoms with Gasteiger partial charge in [0, 0.05) is 22.8 Å². The predicted molar refractivity (Wildman–Crippen MR) is 84.6 cm³/mol. The number of hydrogen-bond donors (Lipinski definition) is 1. The third-order valence-corrected chi connectivity index (χ3v) is 5.80. The molecule has 1 aliphatic heterocycles. The Kier molecular flexibility index (Phi) is 4.70. The highest BCUT2D eigenvalue weighted by atomic mass is 32.1. The molecule has 19 heavy (non-hydrogen) atoms. The first-order chi connectivity index (χ1) is 8.95. The SMILES string of the molecule is CCc1ccc(C(CN)N2CCC(C(C)(C)C)C2)s1. The Morgan fingerprint density at radius 3 is 2.63 bits per heavy atom. The molecule has 0 spiro atoms. The monoisotopic (exact) mass is 280 g/mol. The average molecular weight is 280 g/mol. The summed E-state index contributed by atoms with van der Waals surface area (Å²) in [6.45, 7) is 12.4. The van der Waals surface area contributed by atoms with Gasteiger partial charge in [-0.3, -0.25) is 4.90 Å². The number of nitrogens with two attached hydrogens (primary N) is 1. The molecule has 1 aromatic heterocycles. The normalized spacial score (nSPS) is 22.9. The molecule has 2 N–H and O–H groups in total. The van der Waals surface area contributed by atoms with Crippen LogP contribution in [0.25, 0.3) is 0 Å². The third-order valence-electron chi connectivity index (χ3n) is 4.47. The van der Waals surface area contributed by atoms with Crippen LogP contribution in [0.5, 0.6) is 0 Å². The van der Waals surface area contributed by atoms with Crippen LogP contribution in [0.15, 0.2) is 12.1 Å². The first-order valence-electron chi connectivity index (χ1n) is 7.48. The van der Waals surface area contributed by atoms with Gasteiger partial charge in [-0.1, -0.05) is 27.7 Å².